The second-order valence-electron chi connectivity index (χ2n) is 5.57. The number of amides is 1. The van der Waals surface area contributed by atoms with Gasteiger partial charge in [0.2, 0.25) is 0 Å². The molecule has 0 saturated carbocycles. The monoisotopic (exact) mass is 323 g/mol. The molecular weight excluding hydrogens is 302 g/mol. The van der Waals surface area contributed by atoms with Gasteiger partial charge < -0.3 is 15.2 Å². The normalized spacial score (nSPS) is 12.9. The second-order valence-corrected chi connectivity index (χ2v) is 6.67. The van der Waals surface area contributed by atoms with Crippen molar-refractivity contribution in [1.29, 1.82) is 0 Å². The molecule has 0 radical (unpaired) electrons. The molecule has 2 N–H and O–H groups in total. The Morgan fingerprint density at radius 3 is 2.50 bits per heavy atom. The molecule has 0 fully saturated rings. The molecule has 6 heteroatoms. The summed E-state index contributed by atoms with van der Waals surface area (Å²) in [5.74, 6) is -0.548. The largest absolute Gasteiger partial charge is 0.478 e. The third kappa shape index (κ3) is 8.36. The molecule has 1 aromatic rings. The van der Waals surface area contributed by atoms with Crippen LogP contribution in [0.2, 0.25) is 0 Å². The summed E-state index contributed by atoms with van der Waals surface area (Å²) in [5.41, 5.74) is -0.599. The summed E-state index contributed by atoms with van der Waals surface area (Å²) in [6, 6.07) is 9.24. The molecule has 0 aromatic heterocycles. The van der Waals surface area contributed by atoms with Gasteiger partial charge in [0.1, 0.15) is 5.60 Å². The summed E-state index contributed by atoms with van der Waals surface area (Å²) < 4.78 is 5.19. The van der Waals surface area contributed by atoms with Crippen molar-refractivity contribution < 1.29 is 19.4 Å². The van der Waals surface area contributed by atoms with E-state index >= 15 is 0 Å². The minimum absolute atomic E-state index is 0.434. The van der Waals surface area contributed by atoms with Gasteiger partial charge in [0, 0.05) is 16.7 Å². The van der Waals surface area contributed by atoms with Gasteiger partial charge in [-0.15, -0.1) is 11.8 Å². The fourth-order valence-corrected chi connectivity index (χ4v) is 2.42. The van der Waals surface area contributed by atoms with Gasteiger partial charge in [0.25, 0.3) is 0 Å². The fraction of sp³-hybridized carbons (Fsp3) is 0.375. The fourth-order valence-electron chi connectivity index (χ4n) is 1.51. The number of thioether (sulfide) groups is 1. The Morgan fingerprint density at radius 2 is 1.95 bits per heavy atom. The lowest BCUT2D eigenvalue weighted by Gasteiger charge is -2.22. The van der Waals surface area contributed by atoms with Crippen LogP contribution in [0.4, 0.5) is 4.79 Å². The smallest absolute Gasteiger partial charge is 0.408 e. The van der Waals surface area contributed by atoms with E-state index in [-0.39, 0.29) is 0 Å². The Balaban J connectivity index is 2.63. The summed E-state index contributed by atoms with van der Waals surface area (Å²) in [7, 11) is 0. The van der Waals surface area contributed by atoms with Crippen molar-refractivity contribution >= 4 is 23.8 Å². The Labute approximate surface area is 134 Å². The SMILES string of the molecule is CC(C)(C)OC(=O)N[C@H](C=CC(=O)O)CSc1ccccc1. The van der Waals surface area contributed by atoms with Gasteiger partial charge in [-0.2, -0.15) is 0 Å². The second kappa shape index (κ2) is 8.48. The van der Waals surface area contributed by atoms with Crippen molar-refractivity contribution in [1.82, 2.24) is 5.32 Å². The van der Waals surface area contributed by atoms with Crippen LogP contribution >= 0.6 is 11.8 Å². The molecule has 0 aliphatic rings. The Bertz CT molecular complexity index is 523. The molecule has 120 valence electrons. The van der Waals surface area contributed by atoms with Crippen LogP contribution in [0.15, 0.2) is 47.4 Å². The van der Waals surface area contributed by atoms with Crippen LogP contribution in [0.5, 0.6) is 0 Å². The number of nitrogens with one attached hydrogen (secondary N) is 1. The van der Waals surface area contributed by atoms with E-state index in [2.05, 4.69) is 5.32 Å². The molecule has 1 atom stereocenters. The highest BCUT2D eigenvalue weighted by Gasteiger charge is 2.18. The molecule has 0 aliphatic heterocycles. The molecule has 0 unspecified atom stereocenters. The lowest BCUT2D eigenvalue weighted by Crippen LogP contribution is -2.39. The van der Waals surface area contributed by atoms with Gasteiger partial charge in [-0.1, -0.05) is 24.3 Å². The molecule has 1 rings (SSSR count). The summed E-state index contributed by atoms with van der Waals surface area (Å²) in [4.78, 5) is 23.5. The van der Waals surface area contributed by atoms with Gasteiger partial charge in [-0.25, -0.2) is 9.59 Å². The molecule has 5 nitrogen and oxygen atoms in total. The summed E-state index contributed by atoms with van der Waals surface area (Å²) in [5, 5.41) is 11.4. The van der Waals surface area contributed by atoms with Gasteiger partial charge in [-0.05, 0) is 32.9 Å². The van der Waals surface area contributed by atoms with Crippen molar-refractivity contribution in [3.63, 3.8) is 0 Å². The van der Waals surface area contributed by atoms with E-state index in [0.29, 0.717) is 5.75 Å². The van der Waals surface area contributed by atoms with E-state index in [1.165, 1.54) is 17.8 Å². The highest BCUT2D eigenvalue weighted by Crippen LogP contribution is 2.18. The Morgan fingerprint density at radius 1 is 1.32 bits per heavy atom. The summed E-state index contributed by atoms with van der Waals surface area (Å²) in [6.45, 7) is 5.31. The predicted molar refractivity (Wildman–Crippen MR) is 87.1 cm³/mol. The van der Waals surface area contributed by atoms with Gasteiger partial charge in [0.05, 0.1) is 6.04 Å². The molecule has 0 aliphatic carbocycles. The topological polar surface area (TPSA) is 75.6 Å². The van der Waals surface area contributed by atoms with Crippen molar-refractivity contribution in [2.45, 2.75) is 37.3 Å². The number of hydrogen-bond donors (Lipinski definition) is 2. The molecule has 0 saturated heterocycles. The quantitative estimate of drug-likeness (QED) is 0.620. The maximum absolute atomic E-state index is 11.8. The number of aliphatic carboxylic acids is 1. The van der Waals surface area contributed by atoms with E-state index in [1.807, 2.05) is 30.3 Å². The first-order valence-corrected chi connectivity index (χ1v) is 7.83. The third-order valence-corrected chi connectivity index (χ3v) is 3.48. The van der Waals surface area contributed by atoms with Crippen molar-refractivity contribution in [3.8, 4) is 0 Å². The van der Waals surface area contributed by atoms with Crippen LogP contribution < -0.4 is 5.32 Å². The third-order valence-electron chi connectivity index (χ3n) is 2.35. The average Bonchev–Trinajstić information content (AvgIpc) is 2.41. The Kier molecular flexibility index (Phi) is 6.98. The van der Waals surface area contributed by atoms with Crippen LogP contribution in [0.3, 0.4) is 0 Å². The van der Waals surface area contributed by atoms with E-state index in [9.17, 15) is 9.59 Å². The number of carboxylic acid groups (broad SMARTS) is 1. The summed E-state index contributed by atoms with van der Waals surface area (Å²) >= 11 is 1.53. The zero-order chi connectivity index (χ0) is 16.6. The lowest BCUT2D eigenvalue weighted by molar-refractivity contribution is -0.131. The highest BCUT2D eigenvalue weighted by molar-refractivity contribution is 7.99. The maximum atomic E-state index is 11.8. The van der Waals surface area contributed by atoms with Crippen molar-refractivity contribution in [2.24, 2.45) is 0 Å². The van der Waals surface area contributed by atoms with Crippen LogP contribution in [0.25, 0.3) is 0 Å². The number of carboxylic acids is 1. The molecule has 1 aromatic carbocycles. The number of hydrogen-bond acceptors (Lipinski definition) is 4. The summed E-state index contributed by atoms with van der Waals surface area (Å²) in [6.07, 6.45) is 1.90. The van der Waals surface area contributed by atoms with Crippen LogP contribution in [-0.4, -0.2) is 34.6 Å². The lowest BCUT2D eigenvalue weighted by atomic mass is 10.2. The van der Waals surface area contributed by atoms with E-state index in [1.54, 1.807) is 20.8 Å². The number of carbonyl (C=O) groups is 2. The Hall–Kier alpha value is -1.95. The standard InChI is InChI=1S/C16H21NO4S/c1-16(2,3)21-15(20)17-12(9-10-14(18)19)11-22-13-7-5-4-6-8-13/h4-10,12H,11H2,1-3H3,(H,17,20)(H,18,19)/t12-/m1/s1. The number of carbonyl (C=O) groups excluding carboxylic acids is 1. The molecule has 0 heterocycles. The first-order valence-electron chi connectivity index (χ1n) is 6.85. The number of rotatable bonds is 6. The van der Waals surface area contributed by atoms with E-state index in [0.717, 1.165) is 11.0 Å². The molecule has 0 spiro atoms. The molecule has 22 heavy (non-hydrogen) atoms. The molecule has 0 bridgehead atoms. The number of benzene rings is 1. The van der Waals surface area contributed by atoms with E-state index in [4.69, 9.17) is 9.84 Å². The zero-order valence-electron chi connectivity index (χ0n) is 12.9. The van der Waals surface area contributed by atoms with Crippen molar-refractivity contribution in [3.05, 3.63) is 42.5 Å². The molecular formula is C16H21NO4S. The number of alkyl carbamates (subject to hydrolysis) is 1. The van der Waals surface area contributed by atoms with Crippen molar-refractivity contribution in [2.75, 3.05) is 5.75 Å². The van der Waals surface area contributed by atoms with Gasteiger partial charge in [0.15, 0.2) is 0 Å². The first kappa shape index (κ1) is 18.1. The average molecular weight is 323 g/mol. The highest BCUT2D eigenvalue weighted by atomic mass is 32.2. The van der Waals surface area contributed by atoms with Gasteiger partial charge >= 0.3 is 12.1 Å². The van der Waals surface area contributed by atoms with Crippen LogP contribution in [-0.2, 0) is 9.53 Å². The minimum Gasteiger partial charge on any atom is -0.478 e. The predicted octanol–water partition coefficient (Wildman–Crippen LogP) is 3.31. The van der Waals surface area contributed by atoms with Gasteiger partial charge in [-0.3, -0.25) is 0 Å². The molecule has 1 amide bonds. The zero-order valence-corrected chi connectivity index (χ0v) is 13.7. The maximum Gasteiger partial charge on any atom is 0.408 e. The van der Waals surface area contributed by atoms with Crippen LogP contribution in [0.1, 0.15) is 20.8 Å². The minimum atomic E-state index is -1.05. The van der Waals surface area contributed by atoms with Crippen LogP contribution in [0, 0.1) is 0 Å². The first-order chi connectivity index (χ1) is 10.3. The van der Waals surface area contributed by atoms with E-state index < -0.39 is 23.7 Å². The number of ether oxygens (including phenoxy) is 1.